The highest BCUT2D eigenvalue weighted by Gasteiger charge is 2.29. The highest BCUT2D eigenvalue weighted by Crippen LogP contribution is 2.33. The monoisotopic (exact) mass is 276 g/mol. The molecule has 0 bridgehead atoms. The molecule has 1 heterocycles. The summed E-state index contributed by atoms with van der Waals surface area (Å²) in [5, 5.41) is 6.09. The average Bonchev–Trinajstić information content (AvgIpc) is 2.73. The van der Waals surface area contributed by atoms with Gasteiger partial charge in [0.1, 0.15) is 11.8 Å². The number of fused-ring (bicyclic) bond motifs is 1. The van der Waals surface area contributed by atoms with E-state index in [0.29, 0.717) is 5.92 Å². The summed E-state index contributed by atoms with van der Waals surface area (Å²) >= 11 is 0. The maximum atomic E-state index is 11.9. The predicted molar refractivity (Wildman–Crippen MR) is 81.1 cm³/mol. The molecule has 1 aliphatic rings. The van der Waals surface area contributed by atoms with Gasteiger partial charge in [0.15, 0.2) is 0 Å². The lowest BCUT2D eigenvalue weighted by Gasteiger charge is -2.13. The summed E-state index contributed by atoms with van der Waals surface area (Å²) in [6, 6.07) is 5.61. The normalized spacial score (nSPS) is 18.6. The number of carbonyl (C=O) groups excluding carboxylic acids is 1. The van der Waals surface area contributed by atoms with Crippen molar-refractivity contribution in [1.82, 2.24) is 5.32 Å². The van der Waals surface area contributed by atoms with Gasteiger partial charge in [-0.25, -0.2) is 0 Å². The van der Waals surface area contributed by atoms with Crippen LogP contribution in [0.5, 0.6) is 5.75 Å². The minimum absolute atomic E-state index is 0.0124. The first-order valence-electron chi connectivity index (χ1n) is 7.46. The molecule has 0 saturated heterocycles. The Hall–Kier alpha value is -1.55. The highest BCUT2D eigenvalue weighted by atomic mass is 16.5. The van der Waals surface area contributed by atoms with Crippen LogP contribution in [0.1, 0.15) is 45.2 Å². The summed E-state index contributed by atoms with van der Waals surface area (Å²) in [7, 11) is 0. The number of amides is 1. The van der Waals surface area contributed by atoms with Crippen molar-refractivity contribution in [3.05, 3.63) is 23.8 Å². The van der Waals surface area contributed by atoms with Crippen molar-refractivity contribution < 1.29 is 9.53 Å². The number of nitrogens with one attached hydrogen (secondary N) is 2. The molecule has 4 heteroatoms. The zero-order chi connectivity index (χ0) is 14.5. The summed E-state index contributed by atoms with van der Waals surface area (Å²) < 4.78 is 5.80. The largest absolute Gasteiger partial charge is 0.493 e. The molecular weight excluding hydrogens is 252 g/mol. The topological polar surface area (TPSA) is 50.4 Å². The second-order valence-corrected chi connectivity index (χ2v) is 5.43. The van der Waals surface area contributed by atoms with Crippen molar-refractivity contribution in [3.8, 4) is 5.75 Å². The van der Waals surface area contributed by atoms with Crippen LogP contribution in [0.2, 0.25) is 0 Å². The molecule has 20 heavy (non-hydrogen) atoms. The molecule has 1 aromatic rings. The molecule has 0 radical (unpaired) electrons. The van der Waals surface area contributed by atoms with Crippen LogP contribution in [0.3, 0.4) is 0 Å². The lowest BCUT2D eigenvalue weighted by Crippen LogP contribution is -2.27. The van der Waals surface area contributed by atoms with Gasteiger partial charge in [-0.15, -0.1) is 0 Å². The Morgan fingerprint density at radius 1 is 1.40 bits per heavy atom. The molecule has 110 valence electrons. The average molecular weight is 276 g/mol. The van der Waals surface area contributed by atoms with Crippen molar-refractivity contribution in [2.24, 2.45) is 5.92 Å². The van der Waals surface area contributed by atoms with E-state index in [1.54, 1.807) is 0 Å². The SMILES string of the molecule is CCCC(C)COc1ccc2c(c1)NC(=O)C2NCC. The van der Waals surface area contributed by atoms with Gasteiger partial charge < -0.3 is 15.4 Å². The molecule has 1 aromatic carbocycles. The predicted octanol–water partition coefficient (Wildman–Crippen LogP) is 3.10. The van der Waals surface area contributed by atoms with Crippen LogP contribution >= 0.6 is 0 Å². The van der Waals surface area contributed by atoms with E-state index in [1.807, 2.05) is 25.1 Å². The number of rotatable bonds is 7. The number of ether oxygens (including phenoxy) is 1. The standard InChI is InChI=1S/C16H24N2O2/c1-4-6-11(3)10-20-12-7-8-13-14(9-12)18-16(19)15(13)17-5-2/h7-9,11,15,17H,4-6,10H2,1-3H3,(H,18,19). The third kappa shape index (κ3) is 3.31. The Bertz CT molecular complexity index is 474. The smallest absolute Gasteiger partial charge is 0.246 e. The van der Waals surface area contributed by atoms with Crippen molar-refractivity contribution >= 4 is 11.6 Å². The van der Waals surface area contributed by atoms with E-state index in [1.165, 1.54) is 12.8 Å². The summed E-state index contributed by atoms with van der Waals surface area (Å²) in [6.07, 6.45) is 2.35. The number of benzene rings is 1. The molecule has 0 fully saturated rings. The maximum absolute atomic E-state index is 11.9. The third-order valence-electron chi connectivity index (χ3n) is 3.58. The van der Waals surface area contributed by atoms with Crippen LogP contribution in [0, 0.1) is 5.92 Å². The van der Waals surface area contributed by atoms with Crippen LogP contribution in [0.25, 0.3) is 0 Å². The van der Waals surface area contributed by atoms with Crippen LogP contribution in [0.4, 0.5) is 5.69 Å². The zero-order valence-corrected chi connectivity index (χ0v) is 12.5. The van der Waals surface area contributed by atoms with Crippen LogP contribution in [0.15, 0.2) is 18.2 Å². The summed E-state index contributed by atoms with van der Waals surface area (Å²) in [4.78, 5) is 11.9. The summed E-state index contributed by atoms with van der Waals surface area (Å²) in [6.45, 7) is 7.86. The molecule has 0 saturated carbocycles. The number of likely N-dealkylation sites (N-methyl/N-ethyl adjacent to an activating group) is 1. The van der Waals surface area contributed by atoms with E-state index in [2.05, 4.69) is 24.5 Å². The molecule has 0 aromatic heterocycles. The molecule has 2 unspecified atom stereocenters. The van der Waals surface area contributed by atoms with E-state index in [-0.39, 0.29) is 11.9 Å². The van der Waals surface area contributed by atoms with Crippen LogP contribution < -0.4 is 15.4 Å². The van der Waals surface area contributed by atoms with Gasteiger partial charge in [0, 0.05) is 17.3 Å². The first-order chi connectivity index (χ1) is 9.65. The second kappa shape index (κ2) is 6.75. The first-order valence-corrected chi connectivity index (χ1v) is 7.46. The van der Waals surface area contributed by atoms with Gasteiger partial charge in [-0.05, 0) is 24.9 Å². The molecular formula is C16H24N2O2. The van der Waals surface area contributed by atoms with Crippen molar-refractivity contribution in [3.63, 3.8) is 0 Å². The van der Waals surface area contributed by atoms with E-state index in [0.717, 1.165) is 30.2 Å². The Morgan fingerprint density at radius 2 is 2.20 bits per heavy atom. The fraction of sp³-hybridized carbons (Fsp3) is 0.562. The molecule has 2 N–H and O–H groups in total. The van der Waals surface area contributed by atoms with E-state index in [4.69, 9.17) is 4.74 Å². The molecule has 1 amide bonds. The quantitative estimate of drug-likeness (QED) is 0.804. The Labute approximate surface area is 120 Å². The maximum Gasteiger partial charge on any atom is 0.246 e. The van der Waals surface area contributed by atoms with Gasteiger partial charge in [0.05, 0.1) is 6.61 Å². The minimum atomic E-state index is -0.233. The fourth-order valence-electron chi connectivity index (χ4n) is 2.55. The number of hydrogen-bond donors (Lipinski definition) is 2. The number of carbonyl (C=O) groups is 1. The van der Waals surface area contributed by atoms with Gasteiger partial charge in [-0.3, -0.25) is 4.79 Å². The van der Waals surface area contributed by atoms with E-state index < -0.39 is 0 Å². The summed E-state index contributed by atoms with van der Waals surface area (Å²) in [5.74, 6) is 1.39. The van der Waals surface area contributed by atoms with Gasteiger partial charge >= 0.3 is 0 Å². The highest BCUT2D eigenvalue weighted by molar-refractivity contribution is 6.02. The number of hydrogen-bond acceptors (Lipinski definition) is 3. The second-order valence-electron chi connectivity index (χ2n) is 5.43. The van der Waals surface area contributed by atoms with Crippen molar-refractivity contribution in [2.75, 3.05) is 18.5 Å². The van der Waals surface area contributed by atoms with Crippen LogP contribution in [-0.2, 0) is 4.79 Å². The van der Waals surface area contributed by atoms with Gasteiger partial charge in [-0.2, -0.15) is 0 Å². The zero-order valence-electron chi connectivity index (χ0n) is 12.5. The molecule has 0 aliphatic carbocycles. The van der Waals surface area contributed by atoms with Crippen molar-refractivity contribution in [2.45, 2.75) is 39.7 Å². The Kier molecular flexibility index (Phi) is 5.01. The van der Waals surface area contributed by atoms with E-state index >= 15 is 0 Å². The molecule has 1 aliphatic heterocycles. The number of anilines is 1. The van der Waals surface area contributed by atoms with Crippen molar-refractivity contribution in [1.29, 1.82) is 0 Å². The Balaban J connectivity index is 2.02. The minimum Gasteiger partial charge on any atom is -0.493 e. The first kappa shape index (κ1) is 14.9. The van der Waals surface area contributed by atoms with Crippen LogP contribution in [-0.4, -0.2) is 19.1 Å². The fourth-order valence-corrected chi connectivity index (χ4v) is 2.55. The van der Waals surface area contributed by atoms with Gasteiger partial charge in [-0.1, -0.05) is 33.3 Å². The third-order valence-corrected chi connectivity index (χ3v) is 3.58. The molecule has 2 atom stereocenters. The lowest BCUT2D eigenvalue weighted by molar-refractivity contribution is -0.117. The van der Waals surface area contributed by atoms with E-state index in [9.17, 15) is 4.79 Å². The lowest BCUT2D eigenvalue weighted by atomic mass is 10.1. The molecule has 0 spiro atoms. The molecule has 2 rings (SSSR count). The van der Waals surface area contributed by atoms with Gasteiger partial charge in [0.2, 0.25) is 5.91 Å². The summed E-state index contributed by atoms with van der Waals surface area (Å²) in [5.41, 5.74) is 1.87. The van der Waals surface area contributed by atoms with Gasteiger partial charge in [0.25, 0.3) is 0 Å². The Morgan fingerprint density at radius 3 is 2.90 bits per heavy atom. The molecule has 4 nitrogen and oxygen atoms in total.